The minimum atomic E-state index is 0.468. The normalized spacial score (nSPS) is 9.30. The summed E-state index contributed by atoms with van der Waals surface area (Å²) >= 11 is 0. The van der Waals surface area contributed by atoms with Gasteiger partial charge in [-0.1, -0.05) is 12.1 Å². The minimum absolute atomic E-state index is 0.468. The third-order valence-electron chi connectivity index (χ3n) is 1.28. The zero-order valence-corrected chi connectivity index (χ0v) is 5.50. The van der Waals surface area contributed by atoms with Crippen LogP contribution in [0.25, 0.3) is 0 Å². The van der Waals surface area contributed by atoms with Gasteiger partial charge in [-0.05, 0) is 5.56 Å². The van der Waals surface area contributed by atoms with Crippen LogP contribution in [0.3, 0.4) is 0 Å². The van der Waals surface area contributed by atoms with Crippen molar-refractivity contribution in [2.24, 2.45) is 5.73 Å². The predicted octanol–water partition coefficient (Wildman–Crippen LogP) is -0.376. The van der Waals surface area contributed by atoms with E-state index in [1.807, 2.05) is 6.07 Å². The molecule has 0 bridgehead atoms. The van der Waals surface area contributed by atoms with E-state index in [1.54, 1.807) is 23.4 Å². The molecule has 52 valence electrons. The van der Waals surface area contributed by atoms with Crippen LogP contribution in [0.2, 0.25) is 0 Å². The Morgan fingerprint density at radius 2 is 2.30 bits per heavy atom. The summed E-state index contributed by atoms with van der Waals surface area (Å²) in [7, 11) is 0. The molecule has 0 heterocycles. The van der Waals surface area contributed by atoms with Crippen molar-refractivity contribution in [1.82, 2.24) is 0 Å². The van der Waals surface area contributed by atoms with Gasteiger partial charge in [-0.25, -0.2) is 0 Å². The van der Waals surface area contributed by atoms with Gasteiger partial charge in [-0.3, -0.25) is 0 Å². The number of nitrogens with one attached hydrogen (secondary N) is 1. The lowest BCUT2D eigenvalue weighted by Gasteiger charge is -1.90. The number of hydrogen-bond acceptors (Lipinski definition) is 2. The molecule has 3 nitrogen and oxygen atoms in total. The summed E-state index contributed by atoms with van der Waals surface area (Å²) in [6.45, 7) is 0.468. The van der Waals surface area contributed by atoms with E-state index >= 15 is 0 Å². The Kier molecular flexibility index (Phi) is 2.12. The number of nitrogens with two attached hydrogens (primary N) is 1. The number of rotatable bonds is 2. The van der Waals surface area contributed by atoms with Crippen LogP contribution >= 0.6 is 0 Å². The molecule has 1 aromatic rings. The first-order chi connectivity index (χ1) is 4.86. The summed E-state index contributed by atoms with van der Waals surface area (Å²) in [5, 5.41) is 1.80. The summed E-state index contributed by atoms with van der Waals surface area (Å²) < 4.78 is 0. The van der Waals surface area contributed by atoms with Crippen LogP contribution in [0.5, 0.6) is 0 Å². The maximum Gasteiger partial charge on any atom is 0.253 e. The van der Waals surface area contributed by atoms with Crippen molar-refractivity contribution < 1.29 is 5.18 Å². The second kappa shape index (κ2) is 3.08. The van der Waals surface area contributed by atoms with Gasteiger partial charge in [-0.2, -0.15) is 0 Å². The highest BCUT2D eigenvalue weighted by Crippen LogP contribution is 2.02. The third kappa shape index (κ3) is 1.39. The average Bonchev–Trinajstić information content (AvgIpc) is 2.05. The van der Waals surface area contributed by atoms with E-state index < -0.39 is 0 Å². The van der Waals surface area contributed by atoms with Crippen molar-refractivity contribution in [1.29, 1.82) is 0 Å². The van der Waals surface area contributed by atoms with Gasteiger partial charge < -0.3 is 5.73 Å². The number of benzene rings is 1. The average molecular weight is 137 g/mol. The van der Waals surface area contributed by atoms with Crippen LogP contribution < -0.4 is 10.9 Å². The van der Waals surface area contributed by atoms with Gasteiger partial charge in [0.05, 0.1) is 0 Å². The van der Waals surface area contributed by atoms with Gasteiger partial charge in [0.25, 0.3) is 5.69 Å². The SMILES string of the molecule is NCc1cccc([NH+]=O)c1. The van der Waals surface area contributed by atoms with Crippen LogP contribution in [0.1, 0.15) is 5.56 Å². The van der Waals surface area contributed by atoms with Crippen LogP contribution in [-0.4, -0.2) is 0 Å². The fourth-order valence-corrected chi connectivity index (χ4v) is 0.762. The van der Waals surface area contributed by atoms with Gasteiger partial charge >= 0.3 is 0 Å². The molecule has 3 N–H and O–H groups in total. The first-order valence-electron chi connectivity index (χ1n) is 3.04. The van der Waals surface area contributed by atoms with E-state index in [-0.39, 0.29) is 0 Å². The maximum atomic E-state index is 10.1. The van der Waals surface area contributed by atoms with Crippen molar-refractivity contribution in [3.63, 3.8) is 0 Å². The Morgan fingerprint density at radius 1 is 1.50 bits per heavy atom. The first-order valence-corrected chi connectivity index (χ1v) is 3.04. The van der Waals surface area contributed by atoms with E-state index in [4.69, 9.17) is 5.73 Å². The molecule has 0 amide bonds. The first kappa shape index (κ1) is 6.89. The highest BCUT2D eigenvalue weighted by Gasteiger charge is 1.96. The quantitative estimate of drug-likeness (QED) is 0.584. The van der Waals surface area contributed by atoms with Crippen LogP contribution in [0.15, 0.2) is 24.3 Å². The van der Waals surface area contributed by atoms with Gasteiger partial charge in [0, 0.05) is 28.8 Å². The molecular weight excluding hydrogens is 128 g/mol. The Bertz CT molecular complexity index is 235. The van der Waals surface area contributed by atoms with Gasteiger partial charge in [0.1, 0.15) is 0 Å². The molecular formula is C7H9N2O+. The van der Waals surface area contributed by atoms with E-state index in [0.29, 0.717) is 12.2 Å². The van der Waals surface area contributed by atoms with Crippen LogP contribution in [0.4, 0.5) is 5.69 Å². The molecule has 0 fully saturated rings. The molecule has 0 aliphatic rings. The van der Waals surface area contributed by atoms with Crippen LogP contribution in [0, 0.1) is 4.91 Å². The van der Waals surface area contributed by atoms with Crippen molar-refractivity contribution >= 4 is 5.69 Å². The molecule has 0 radical (unpaired) electrons. The molecule has 0 spiro atoms. The fraction of sp³-hybridized carbons (Fsp3) is 0.143. The lowest BCUT2D eigenvalue weighted by atomic mass is 10.2. The Morgan fingerprint density at radius 3 is 2.90 bits per heavy atom. The van der Waals surface area contributed by atoms with E-state index in [9.17, 15) is 4.91 Å². The standard InChI is InChI=1S/C7H8N2O/c8-5-6-2-1-3-7(4-6)9-10/h1-4H,5,8H2/p+1. The largest absolute Gasteiger partial charge is 0.326 e. The maximum absolute atomic E-state index is 10.1. The minimum Gasteiger partial charge on any atom is -0.326 e. The fourth-order valence-electron chi connectivity index (χ4n) is 0.762. The third-order valence-corrected chi connectivity index (χ3v) is 1.28. The molecule has 10 heavy (non-hydrogen) atoms. The topological polar surface area (TPSA) is 57.1 Å². The molecule has 0 aliphatic carbocycles. The number of nitroso groups, excluding NO2 is 1. The van der Waals surface area contributed by atoms with Crippen LogP contribution in [-0.2, 0) is 6.54 Å². The van der Waals surface area contributed by atoms with Gasteiger partial charge in [0.2, 0.25) is 0 Å². The summed E-state index contributed by atoms with van der Waals surface area (Å²) in [6.07, 6.45) is 0. The second-order valence-electron chi connectivity index (χ2n) is 2.01. The molecule has 1 aromatic carbocycles. The Labute approximate surface area is 58.8 Å². The number of hydrogen-bond donors (Lipinski definition) is 2. The summed E-state index contributed by atoms with van der Waals surface area (Å²) in [4.78, 5) is 10.1. The molecule has 0 unspecified atom stereocenters. The lowest BCUT2D eigenvalue weighted by molar-refractivity contribution is -0.379. The highest BCUT2D eigenvalue weighted by atomic mass is 16.3. The smallest absolute Gasteiger partial charge is 0.253 e. The molecule has 0 saturated carbocycles. The zero-order chi connectivity index (χ0) is 7.40. The lowest BCUT2D eigenvalue weighted by Crippen LogP contribution is -2.55. The highest BCUT2D eigenvalue weighted by molar-refractivity contribution is 5.32. The van der Waals surface area contributed by atoms with Crippen molar-refractivity contribution in [2.75, 3.05) is 0 Å². The predicted molar refractivity (Wildman–Crippen MR) is 38.3 cm³/mol. The van der Waals surface area contributed by atoms with Crippen molar-refractivity contribution in [3.8, 4) is 0 Å². The molecule has 0 aliphatic heterocycles. The second-order valence-corrected chi connectivity index (χ2v) is 2.01. The monoisotopic (exact) mass is 137 g/mol. The van der Waals surface area contributed by atoms with Crippen molar-refractivity contribution in [2.45, 2.75) is 6.54 Å². The Balaban J connectivity index is 2.98. The molecule has 1 rings (SSSR count). The zero-order valence-electron chi connectivity index (χ0n) is 5.50. The van der Waals surface area contributed by atoms with Crippen molar-refractivity contribution in [3.05, 3.63) is 34.7 Å². The van der Waals surface area contributed by atoms with E-state index in [0.717, 1.165) is 5.56 Å². The molecule has 0 atom stereocenters. The summed E-state index contributed by atoms with van der Waals surface area (Å²) in [5.41, 5.74) is 6.86. The van der Waals surface area contributed by atoms with Gasteiger partial charge in [-0.15, -0.1) is 0 Å². The summed E-state index contributed by atoms with van der Waals surface area (Å²) in [5.74, 6) is 0. The molecule has 3 heteroatoms. The molecule has 0 saturated heterocycles. The summed E-state index contributed by atoms with van der Waals surface area (Å²) in [6, 6.07) is 7.10. The Hall–Kier alpha value is -1.22. The van der Waals surface area contributed by atoms with E-state index in [2.05, 4.69) is 0 Å². The van der Waals surface area contributed by atoms with Gasteiger partial charge in [0.15, 0.2) is 0 Å². The van der Waals surface area contributed by atoms with E-state index in [1.165, 1.54) is 0 Å². The molecule has 0 aromatic heterocycles.